The van der Waals surface area contributed by atoms with Crippen LogP contribution in [0.5, 0.6) is 0 Å². The molecule has 0 atom stereocenters. The summed E-state index contributed by atoms with van der Waals surface area (Å²) in [5.74, 6) is 0.730. The van der Waals surface area contributed by atoms with Crippen LogP contribution in [0.2, 0.25) is 0 Å². The summed E-state index contributed by atoms with van der Waals surface area (Å²) in [4.78, 5) is 14.5. The number of benzene rings is 1. The van der Waals surface area contributed by atoms with Crippen molar-refractivity contribution >= 4 is 23.8 Å². The number of carbonyl (C=O) groups is 1. The molecule has 0 unspecified atom stereocenters. The minimum atomic E-state index is -0.0817. The highest BCUT2D eigenvalue weighted by atomic mass is 32.1. The first-order valence-electron chi connectivity index (χ1n) is 8.20. The van der Waals surface area contributed by atoms with Gasteiger partial charge < -0.3 is 14.8 Å². The summed E-state index contributed by atoms with van der Waals surface area (Å²) in [6.45, 7) is 10.4. The molecule has 0 saturated carbocycles. The molecule has 130 valence electrons. The van der Waals surface area contributed by atoms with Crippen molar-refractivity contribution in [2.24, 2.45) is 0 Å². The van der Waals surface area contributed by atoms with E-state index in [1.165, 1.54) is 0 Å². The quantitative estimate of drug-likeness (QED) is 0.756. The van der Waals surface area contributed by atoms with E-state index in [-0.39, 0.29) is 5.91 Å². The van der Waals surface area contributed by atoms with Crippen molar-refractivity contribution in [1.29, 1.82) is 0 Å². The highest BCUT2D eigenvalue weighted by Crippen LogP contribution is 2.17. The van der Waals surface area contributed by atoms with E-state index in [0.717, 1.165) is 18.1 Å². The molecule has 0 fully saturated rings. The fraction of sp³-hybridized carbons (Fsp3) is 0.471. The molecule has 0 radical (unpaired) electrons. The average molecular weight is 347 g/mol. The number of hydrogen-bond donors (Lipinski definition) is 2. The molecular weight excluding hydrogens is 322 g/mol. The predicted molar refractivity (Wildman–Crippen MR) is 99.1 cm³/mol. The van der Waals surface area contributed by atoms with Crippen molar-refractivity contribution in [1.82, 2.24) is 20.1 Å². The third kappa shape index (κ3) is 4.23. The highest BCUT2D eigenvalue weighted by molar-refractivity contribution is 7.71. The van der Waals surface area contributed by atoms with Gasteiger partial charge in [-0.05, 0) is 64.2 Å². The van der Waals surface area contributed by atoms with Gasteiger partial charge in [-0.3, -0.25) is 9.89 Å². The molecular formula is C17H25N5OS. The summed E-state index contributed by atoms with van der Waals surface area (Å²) in [6.07, 6.45) is 0. The standard InChI is InChI=1S/C17H25N5OS/c1-5-21(12(2)3)15-8-6-14(7-9-15)16(23)18-10-11-22-13(4)19-20-17(22)24/h6-9,12H,5,10-11H2,1-4H3,(H,18,23)(H,20,24). The van der Waals surface area contributed by atoms with Crippen LogP contribution in [0.4, 0.5) is 5.69 Å². The van der Waals surface area contributed by atoms with E-state index in [4.69, 9.17) is 12.2 Å². The van der Waals surface area contributed by atoms with Gasteiger partial charge in [-0.15, -0.1) is 0 Å². The van der Waals surface area contributed by atoms with E-state index in [1.54, 1.807) is 0 Å². The van der Waals surface area contributed by atoms with Gasteiger partial charge in [-0.1, -0.05) is 0 Å². The number of rotatable bonds is 7. The molecule has 1 amide bonds. The van der Waals surface area contributed by atoms with Crippen LogP contribution in [-0.2, 0) is 6.54 Å². The smallest absolute Gasteiger partial charge is 0.251 e. The third-order valence-electron chi connectivity index (χ3n) is 4.00. The maximum absolute atomic E-state index is 12.2. The lowest BCUT2D eigenvalue weighted by Gasteiger charge is -2.27. The molecule has 24 heavy (non-hydrogen) atoms. The van der Waals surface area contributed by atoms with Gasteiger partial charge in [0.25, 0.3) is 5.91 Å². The number of H-pyrrole nitrogens is 1. The fourth-order valence-electron chi connectivity index (χ4n) is 2.69. The van der Waals surface area contributed by atoms with Crippen LogP contribution in [0.15, 0.2) is 24.3 Å². The molecule has 1 heterocycles. The lowest BCUT2D eigenvalue weighted by Crippen LogP contribution is -2.30. The lowest BCUT2D eigenvalue weighted by molar-refractivity contribution is 0.0952. The molecule has 0 spiro atoms. The summed E-state index contributed by atoms with van der Waals surface area (Å²) < 4.78 is 2.43. The number of hydrogen-bond acceptors (Lipinski definition) is 4. The van der Waals surface area contributed by atoms with Gasteiger partial charge in [0.15, 0.2) is 4.77 Å². The number of amides is 1. The third-order valence-corrected chi connectivity index (χ3v) is 4.31. The topological polar surface area (TPSA) is 66.0 Å². The second kappa shape index (κ2) is 8.10. The number of carbonyl (C=O) groups excluding carboxylic acids is 1. The Hall–Kier alpha value is -2.15. The SMILES string of the molecule is CCN(c1ccc(C(=O)NCCn2c(C)n[nH]c2=S)cc1)C(C)C. The van der Waals surface area contributed by atoms with E-state index in [0.29, 0.717) is 29.5 Å². The van der Waals surface area contributed by atoms with Crippen molar-refractivity contribution < 1.29 is 4.79 Å². The summed E-state index contributed by atoms with van der Waals surface area (Å²) >= 11 is 5.14. The van der Waals surface area contributed by atoms with E-state index in [1.807, 2.05) is 35.8 Å². The second-order valence-electron chi connectivity index (χ2n) is 5.91. The summed E-state index contributed by atoms with van der Waals surface area (Å²) in [6, 6.07) is 8.15. The maximum atomic E-state index is 12.2. The number of nitrogens with one attached hydrogen (secondary N) is 2. The summed E-state index contributed by atoms with van der Waals surface area (Å²) in [5, 5.41) is 9.70. The Kier molecular flexibility index (Phi) is 6.14. The van der Waals surface area contributed by atoms with E-state index in [2.05, 4.69) is 41.2 Å². The van der Waals surface area contributed by atoms with Crippen molar-refractivity contribution in [2.75, 3.05) is 18.0 Å². The number of nitrogens with zero attached hydrogens (tertiary/aromatic N) is 3. The van der Waals surface area contributed by atoms with Crippen LogP contribution in [0, 0.1) is 11.7 Å². The predicted octanol–water partition coefficient (Wildman–Crippen LogP) is 2.91. The second-order valence-corrected chi connectivity index (χ2v) is 6.30. The molecule has 0 aliphatic rings. The average Bonchev–Trinajstić information content (AvgIpc) is 2.87. The van der Waals surface area contributed by atoms with Crippen LogP contribution in [-0.4, -0.2) is 39.8 Å². The van der Waals surface area contributed by atoms with Gasteiger partial charge in [-0.2, -0.15) is 5.10 Å². The number of aromatic nitrogens is 3. The van der Waals surface area contributed by atoms with Crippen LogP contribution in [0.25, 0.3) is 0 Å². The Labute approximate surface area is 147 Å². The van der Waals surface area contributed by atoms with Crippen LogP contribution >= 0.6 is 12.2 Å². The first-order chi connectivity index (χ1) is 11.4. The van der Waals surface area contributed by atoms with Gasteiger partial charge in [0.1, 0.15) is 5.82 Å². The molecule has 2 rings (SSSR count). The number of aryl methyl sites for hydroxylation is 1. The van der Waals surface area contributed by atoms with Crippen LogP contribution in [0.3, 0.4) is 0 Å². The molecule has 0 aliphatic carbocycles. The van der Waals surface area contributed by atoms with Gasteiger partial charge >= 0.3 is 0 Å². The lowest BCUT2D eigenvalue weighted by atomic mass is 10.1. The van der Waals surface area contributed by atoms with Crippen molar-refractivity contribution in [2.45, 2.75) is 40.3 Å². The molecule has 2 N–H and O–H groups in total. The summed E-state index contributed by atoms with van der Waals surface area (Å²) in [5.41, 5.74) is 1.79. The Morgan fingerprint density at radius 1 is 1.38 bits per heavy atom. The zero-order chi connectivity index (χ0) is 17.7. The molecule has 2 aromatic rings. The minimum Gasteiger partial charge on any atom is -0.369 e. The fourth-order valence-corrected chi connectivity index (χ4v) is 2.96. The number of anilines is 1. The Morgan fingerprint density at radius 2 is 2.04 bits per heavy atom. The minimum absolute atomic E-state index is 0.0817. The van der Waals surface area contributed by atoms with Crippen molar-refractivity contribution in [3.05, 3.63) is 40.4 Å². The molecule has 0 aliphatic heterocycles. The van der Waals surface area contributed by atoms with Gasteiger partial charge in [0.2, 0.25) is 0 Å². The highest BCUT2D eigenvalue weighted by Gasteiger charge is 2.10. The summed E-state index contributed by atoms with van der Waals surface area (Å²) in [7, 11) is 0. The van der Waals surface area contributed by atoms with Gasteiger partial charge in [0, 0.05) is 36.9 Å². The molecule has 6 nitrogen and oxygen atoms in total. The first kappa shape index (κ1) is 18.2. The van der Waals surface area contributed by atoms with Crippen molar-refractivity contribution in [3.8, 4) is 0 Å². The van der Waals surface area contributed by atoms with Gasteiger partial charge in [0.05, 0.1) is 0 Å². The molecule has 1 aromatic heterocycles. The first-order valence-corrected chi connectivity index (χ1v) is 8.61. The Morgan fingerprint density at radius 3 is 2.54 bits per heavy atom. The maximum Gasteiger partial charge on any atom is 0.251 e. The zero-order valence-corrected chi connectivity index (χ0v) is 15.5. The number of aromatic amines is 1. The molecule has 1 aromatic carbocycles. The van der Waals surface area contributed by atoms with Crippen LogP contribution < -0.4 is 10.2 Å². The Bertz CT molecular complexity index is 732. The van der Waals surface area contributed by atoms with Gasteiger partial charge in [-0.25, -0.2) is 0 Å². The Balaban J connectivity index is 1.94. The molecule has 7 heteroatoms. The molecule has 0 saturated heterocycles. The normalized spacial score (nSPS) is 10.9. The largest absolute Gasteiger partial charge is 0.369 e. The van der Waals surface area contributed by atoms with Crippen molar-refractivity contribution in [3.63, 3.8) is 0 Å². The van der Waals surface area contributed by atoms with E-state index < -0.39 is 0 Å². The van der Waals surface area contributed by atoms with Crippen LogP contribution in [0.1, 0.15) is 37.0 Å². The van der Waals surface area contributed by atoms with E-state index >= 15 is 0 Å². The molecule has 0 bridgehead atoms. The monoisotopic (exact) mass is 347 g/mol. The zero-order valence-electron chi connectivity index (χ0n) is 14.7. The van der Waals surface area contributed by atoms with E-state index in [9.17, 15) is 4.79 Å².